The molecule has 0 heterocycles. The van der Waals surface area contributed by atoms with E-state index in [2.05, 4.69) is 4.84 Å². The van der Waals surface area contributed by atoms with Crippen molar-refractivity contribution in [3.63, 3.8) is 0 Å². The zero-order chi connectivity index (χ0) is 11.1. The smallest absolute Gasteiger partial charge is 0.294 e. The molecule has 1 atom stereocenters. The quantitative estimate of drug-likeness (QED) is 0.397. The molecule has 0 aromatic carbocycles. The fraction of sp³-hybridized carbons (Fsp3) is 0.700. The summed E-state index contributed by atoms with van der Waals surface area (Å²) in [4.78, 5) is 25.3. The van der Waals surface area contributed by atoms with Gasteiger partial charge in [-0.15, -0.1) is 10.1 Å². The summed E-state index contributed by atoms with van der Waals surface area (Å²) in [6.07, 6.45) is 7.80. The van der Waals surface area contributed by atoms with Crippen LogP contribution in [0.1, 0.15) is 32.1 Å². The van der Waals surface area contributed by atoms with Crippen LogP contribution in [0.4, 0.5) is 0 Å². The van der Waals surface area contributed by atoms with E-state index in [4.69, 9.17) is 0 Å². The van der Waals surface area contributed by atoms with Gasteiger partial charge in [0.05, 0.1) is 0 Å². The molecule has 1 saturated carbocycles. The highest BCUT2D eigenvalue weighted by Crippen LogP contribution is 2.23. The Labute approximate surface area is 88.2 Å². The predicted molar refractivity (Wildman–Crippen MR) is 53.7 cm³/mol. The molecule has 1 unspecified atom stereocenters. The van der Waals surface area contributed by atoms with Gasteiger partial charge in [0.1, 0.15) is 12.4 Å². The molecule has 0 N–H and O–H groups in total. The number of hydrogen-bond donors (Lipinski definition) is 0. The van der Waals surface area contributed by atoms with Crippen LogP contribution in [0, 0.1) is 16.0 Å². The predicted octanol–water partition coefficient (Wildman–Crippen LogP) is 1.90. The lowest BCUT2D eigenvalue weighted by molar-refractivity contribution is -0.755. The molecular formula is C10H15NO4. The van der Waals surface area contributed by atoms with Crippen molar-refractivity contribution in [2.45, 2.75) is 32.1 Å². The van der Waals surface area contributed by atoms with Crippen LogP contribution in [0.25, 0.3) is 0 Å². The van der Waals surface area contributed by atoms with Gasteiger partial charge in [0, 0.05) is 12.3 Å². The first kappa shape index (κ1) is 11.7. The van der Waals surface area contributed by atoms with E-state index in [0.717, 1.165) is 19.3 Å². The second kappa shape index (κ2) is 6.16. The molecule has 0 amide bonds. The third-order valence-corrected chi connectivity index (χ3v) is 2.54. The molecule has 0 bridgehead atoms. The number of ketones is 1. The first-order valence-corrected chi connectivity index (χ1v) is 5.15. The van der Waals surface area contributed by atoms with E-state index < -0.39 is 5.09 Å². The second-order valence-corrected chi connectivity index (χ2v) is 3.64. The van der Waals surface area contributed by atoms with Crippen LogP contribution < -0.4 is 0 Å². The van der Waals surface area contributed by atoms with Crippen molar-refractivity contribution in [1.29, 1.82) is 0 Å². The maximum atomic E-state index is 11.4. The SMILES string of the molecule is O=C1CCCCC1C/C=C/CO[N+](=O)[O-]. The second-order valence-electron chi connectivity index (χ2n) is 3.64. The van der Waals surface area contributed by atoms with Gasteiger partial charge in [-0.25, -0.2) is 0 Å². The minimum absolute atomic E-state index is 0.0338. The first-order valence-electron chi connectivity index (χ1n) is 5.15. The zero-order valence-corrected chi connectivity index (χ0v) is 8.55. The molecule has 5 nitrogen and oxygen atoms in total. The van der Waals surface area contributed by atoms with Crippen LogP contribution in [0.15, 0.2) is 12.2 Å². The van der Waals surface area contributed by atoms with Crippen LogP contribution in [0.2, 0.25) is 0 Å². The van der Waals surface area contributed by atoms with Crippen molar-refractivity contribution in [3.05, 3.63) is 22.3 Å². The van der Waals surface area contributed by atoms with Crippen LogP contribution >= 0.6 is 0 Å². The van der Waals surface area contributed by atoms with Gasteiger partial charge in [-0.1, -0.05) is 18.6 Å². The molecule has 0 saturated heterocycles. The lowest BCUT2D eigenvalue weighted by atomic mass is 9.86. The van der Waals surface area contributed by atoms with E-state index in [9.17, 15) is 14.9 Å². The van der Waals surface area contributed by atoms with Gasteiger partial charge in [0.15, 0.2) is 0 Å². The Morgan fingerprint density at radius 2 is 2.27 bits per heavy atom. The van der Waals surface area contributed by atoms with E-state index in [1.54, 1.807) is 12.2 Å². The first-order chi connectivity index (χ1) is 7.20. The lowest BCUT2D eigenvalue weighted by Crippen LogP contribution is -2.18. The number of Topliss-reactive ketones (excluding diaryl/α,β-unsaturated/α-hetero) is 1. The molecule has 0 aliphatic heterocycles. The van der Waals surface area contributed by atoms with Crippen molar-refractivity contribution in [2.24, 2.45) is 5.92 Å². The molecule has 1 fully saturated rings. The Bertz CT molecular complexity index is 262. The normalized spacial score (nSPS) is 21.9. The maximum Gasteiger partial charge on any atom is 0.294 e. The topological polar surface area (TPSA) is 69.4 Å². The van der Waals surface area contributed by atoms with Crippen molar-refractivity contribution < 1.29 is 14.7 Å². The summed E-state index contributed by atoms with van der Waals surface area (Å²) in [5.74, 6) is 0.437. The number of rotatable bonds is 5. The highest BCUT2D eigenvalue weighted by atomic mass is 16.9. The van der Waals surface area contributed by atoms with E-state index in [1.807, 2.05) is 0 Å². The molecular weight excluding hydrogens is 198 g/mol. The molecule has 0 aromatic rings. The average Bonchev–Trinajstić information content (AvgIpc) is 2.20. The summed E-state index contributed by atoms with van der Waals surface area (Å²) >= 11 is 0. The minimum Gasteiger partial charge on any atom is -0.310 e. The fourth-order valence-electron chi connectivity index (χ4n) is 1.74. The van der Waals surface area contributed by atoms with Crippen molar-refractivity contribution in [1.82, 2.24) is 0 Å². The molecule has 1 aliphatic carbocycles. The van der Waals surface area contributed by atoms with E-state index in [-0.39, 0.29) is 12.5 Å². The van der Waals surface area contributed by atoms with Gasteiger partial charge < -0.3 is 4.84 Å². The summed E-state index contributed by atoms with van der Waals surface area (Å²) in [7, 11) is 0. The average molecular weight is 213 g/mol. The van der Waals surface area contributed by atoms with Crippen LogP contribution in [-0.2, 0) is 9.63 Å². The molecule has 0 radical (unpaired) electrons. The highest BCUT2D eigenvalue weighted by molar-refractivity contribution is 5.81. The fourth-order valence-corrected chi connectivity index (χ4v) is 1.74. The number of nitrogens with zero attached hydrogens (tertiary/aromatic N) is 1. The highest BCUT2D eigenvalue weighted by Gasteiger charge is 2.20. The Hall–Kier alpha value is -1.39. The van der Waals surface area contributed by atoms with Gasteiger partial charge in [0.25, 0.3) is 5.09 Å². The van der Waals surface area contributed by atoms with Crippen LogP contribution in [0.5, 0.6) is 0 Å². The Morgan fingerprint density at radius 1 is 1.47 bits per heavy atom. The van der Waals surface area contributed by atoms with Gasteiger partial charge >= 0.3 is 0 Å². The summed E-state index contributed by atoms with van der Waals surface area (Å²) in [5, 5.41) is 8.99. The Balaban J connectivity index is 2.17. The molecule has 15 heavy (non-hydrogen) atoms. The summed E-state index contributed by atoms with van der Waals surface area (Å²) in [6, 6.07) is 0. The largest absolute Gasteiger partial charge is 0.310 e. The van der Waals surface area contributed by atoms with E-state index >= 15 is 0 Å². The third kappa shape index (κ3) is 4.58. The molecule has 0 aromatic heterocycles. The Morgan fingerprint density at radius 3 is 2.93 bits per heavy atom. The van der Waals surface area contributed by atoms with Gasteiger partial charge in [-0.3, -0.25) is 4.79 Å². The number of hydrogen-bond acceptors (Lipinski definition) is 4. The number of carbonyl (C=O) groups excluding carboxylic acids is 1. The van der Waals surface area contributed by atoms with Crippen molar-refractivity contribution >= 4 is 5.78 Å². The zero-order valence-electron chi connectivity index (χ0n) is 8.55. The summed E-state index contributed by atoms with van der Waals surface area (Å²) in [5.41, 5.74) is 0. The minimum atomic E-state index is -0.823. The standard InChI is InChI=1S/C10H15NO4/c12-10-7-2-1-5-9(10)6-3-4-8-15-11(13)14/h3-4,9H,1-2,5-8H2/b4-3+. The van der Waals surface area contributed by atoms with E-state index in [0.29, 0.717) is 18.6 Å². The monoisotopic (exact) mass is 213 g/mol. The summed E-state index contributed by atoms with van der Waals surface area (Å²) in [6.45, 7) is -0.0338. The van der Waals surface area contributed by atoms with Crippen molar-refractivity contribution in [3.8, 4) is 0 Å². The molecule has 84 valence electrons. The van der Waals surface area contributed by atoms with Crippen LogP contribution in [0.3, 0.4) is 0 Å². The molecule has 0 spiro atoms. The van der Waals surface area contributed by atoms with Gasteiger partial charge in [-0.05, 0) is 19.3 Å². The van der Waals surface area contributed by atoms with Crippen LogP contribution in [-0.4, -0.2) is 17.5 Å². The molecule has 5 heteroatoms. The van der Waals surface area contributed by atoms with Crippen molar-refractivity contribution in [2.75, 3.05) is 6.61 Å². The summed E-state index contributed by atoms with van der Waals surface area (Å²) < 4.78 is 0. The maximum absolute atomic E-state index is 11.4. The number of allylic oxidation sites excluding steroid dienone is 1. The third-order valence-electron chi connectivity index (χ3n) is 2.54. The van der Waals surface area contributed by atoms with Gasteiger partial charge in [-0.2, -0.15) is 0 Å². The Kier molecular flexibility index (Phi) is 4.80. The number of carbonyl (C=O) groups is 1. The molecule has 1 rings (SSSR count). The van der Waals surface area contributed by atoms with E-state index in [1.165, 1.54) is 0 Å². The molecule has 1 aliphatic rings. The van der Waals surface area contributed by atoms with Gasteiger partial charge in [0.2, 0.25) is 0 Å². The lowest BCUT2D eigenvalue weighted by Gasteiger charge is -2.18.